The zero-order valence-corrected chi connectivity index (χ0v) is 19.4. The SMILES string of the molecule is O=C1NC(=O)N(c2ccc(Cl)cc2)C(=O)/C1=C/c1cc(Cl)cc(Cl)c1OCc1ccccc1F. The molecule has 6 nitrogen and oxygen atoms in total. The first kappa shape index (κ1) is 23.8. The molecule has 34 heavy (non-hydrogen) atoms. The van der Waals surface area contributed by atoms with Gasteiger partial charge in [0.2, 0.25) is 0 Å². The van der Waals surface area contributed by atoms with Crippen molar-refractivity contribution >= 4 is 64.4 Å². The summed E-state index contributed by atoms with van der Waals surface area (Å²) in [5.74, 6) is -2.16. The van der Waals surface area contributed by atoms with Crippen molar-refractivity contribution in [2.45, 2.75) is 6.61 Å². The molecule has 0 bridgehead atoms. The van der Waals surface area contributed by atoms with E-state index in [0.717, 1.165) is 4.90 Å². The van der Waals surface area contributed by atoms with Crippen molar-refractivity contribution in [1.82, 2.24) is 5.32 Å². The number of nitrogens with one attached hydrogen (secondary N) is 1. The van der Waals surface area contributed by atoms with E-state index in [1.165, 1.54) is 48.5 Å². The molecular weight excluding hydrogens is 506 g/mol. The second-order valence-electron chi connectivity index (χ2n) is 7.12. The number of hydrogen-bond acceptors (Lipinski definition) is 4. The van der Waals surface area contributed by atoms with E-state index >= 15 is 0 Å². The van der Waals surface area contributed by atoms with Gasteiger partial charge in [-0.2, -0.15) is 0 Å². The molecule has 4 rings (SSSR count). The summed E-state index contributed by atoms with van der Waals surface area (Å²) in [6.07, 6.45) is 1.21. The van der Waals surface area contributed by atoms with Gasteiger partial charge in [-0.15, -0.1) is 0 Å². The predicted octanol–water partition coefficient (Wildman–Crippen LogP) is 6.03. The van der Waals surface area contributed by atoms with Gasteiger partial charge in [0, 0.05) is 21.2 Å². The number of urea groups is 1. The van der Waals surface area contributed by atoms with Crippen molar-refractivity contribution in [1.29, 1.82) is 0 Å². The molecule has 3 aromatic rings. The highest BCUT2D eigenvalue weighted by molar-refractivity contribution is 6.40. The minimum atomic E-state index is -0.908. The number of carbonyl (C=O) groups excluding carboxylic acids is 3. The van der Waals surface area contributed by atoms with Crippen molar-refractivity contribution < 1.29 is 23.5 Å². The number of carbonyl (C=O) groups is 3. The maximum atomic E-state index is 14.0. The lowest BCUT2D eigenvalue weighted by Crippen LogP contribution is -2.54. The number of hydrogen-bond donors (Lipinski definition) is 1. The molecule has 3 aromatic carbocycles. The Morgan fingerprint density at radius 3 is 2.35 bits per heavy atom. The second kappa shape index (κ2) is 9.85. The van der Waals surface area contributed by atoms with Crippen molar-refractivity contribution in [3.05, 3.63) is 98.2 Å². The molecule has 0 aromatic heterocycles. The van der Waals surface area contributed by atoms with Crippen LogP contribution in [0.2, 0.25) is 15.1 Å². The third-order valence-electron chi connectivity index (χ3n) is 4.85. The van der Waals surface area contributed by atoms with Crippen LogP contribution in [-0.2, 0) is 16.2 Å². The largest absolute Gasteiger partial charge is 0.487 e. The number of amides is 4. The number of imide groups is 2. The molecule has 10 heteroatoms. The molecule has 0 spiro atoms. The van der Waals surface area contributed by atoms with Gasteiger partial charge in [0.05, 0.1) is 10.7 Å². The smallest absolute Gasteiger partial charge is 0.335 e. The van der Waals surface area contributed by atoms with E-state index in [4.69, 9.17) is 39.5 Å². The summed E-state index contributed by atoms with van der Waals surface area (Å²) in [6, 6.07) is 13.9. The zero-order valence-electron chi connectivity index (χ0n) is 17.2. The Hall–Kier alpha value is -3.39. The standard InChI is InChI=1S/C24H14Cl3FN2O4/c25-15-5-7-17(8-6-15)30-23(32)18(22(31)29-24(30)33)10-14-9-16(26)11-19(27)21(14)34-12-13-3-1-2-4-20(13)28/h1-11H,12H2,(H,29,31,33)/b18-10+. The number of ether oxygens (including phenoxy) is 1. The number of halogens is 4. The quantitative estimate of drug-likeness (QED) is 0.330. The highest BCUT2D eigenvalue weighted by Crippen LogP contribution is 2.35. The second-order valence-corrected chi connectivity index (χ2v) is 8.40. The minimum Gasteiger partial charge on any atom is -0.487 e. The summed E-state index contributed by atoms with van der Waals surface area (Å²) in [5.41, 5.74) is 0.324. The van der Waals surface area contributed by atoms with Gasteiger partial charge < -0.3 is 4.74 Å². The van der Waals surface area contributed by atoms with Gasteiger partial charge in [-0.25, -0.2) is 14.1 Å². The molecule has 0 atom stereocenters. The Balaban J connectivity index is 1.72. The lowest BCUT2D eigenvalue weighted by molar-refractivity contribution is -0.122. The third-order valence-corrected chi connectivity index (χ3v) is 5.60. The first-order valence-corrected chi connectivity index (χ1v) is 10.9. The summed E-state index contributed by atoms with van der Waals surface area (Å²) >= 11 is 18.3. The minimum absolute atomic E-state index is 0.0809. The van der Waals surface area contributed by atoms with Crippen LogP contribution < -0.4 is 15.0 Å². The van der Waals surface area contributed by atoms with E-state index in [-0.39, 0.29) is 44.8 Å². The molecule has 0 aliphatic carbocycles. The average molecular weight is 520 g/mol. The molecule has 0 unspecified atom stereocenters. The normalized spacial score (nSPS) is 15.0. The van der Waals surface area contributed by atoms with Gasteiger partial charge in [0.15, 0.2) is 0 Å². The summed E-state index contributed by atoms with van der Waals surface area (Å²) in [6.45, 7) is -0.167. The Labute approximate surface area is 208 Å². The Bertz CT molecular complexity index is 1340. The summed E-state index contributed by atoms with van der Waals surface area (Å²) in [4.78, 5) is 38.8. The summed E-state index contributed by atoms with van der Waals surface area (Å²) in [5, 5.41) is 2.84. The number of nitrogens with zero attached hydrogens (tertiary/aromatic N) is 1. The Kier molecular flexibility index (Phi) is 6.88. The molecule has 1 aliphatic heterocycles. The topological polar surface area (TPSA) is 75.7 Å². The van der Waals surface area contributed by atoms with Crippen LogP contribution in [0.5, 0.6) is 5.75 Å². The van der Waals surface area contributed by atoms with E-state index in [0.29, 0.717) is 5.02 Å². The third kappa shape index (κ3) is 4.92. The maximum absolute atomic E-state index is 14.0. The first-order chi connectivity index (χ1) is 16.2. The van der Waals surface area contributed by atoms with Crippen molar-refractivity contribution in [2.75, 3.05) is 4.90 Å². The lowest BCUT2D eigenvalue weighted by atomic mass is 10.1. The fourth-order valence-electron chi connectivity index (χ4n) is 3.24. The zero-order chi connectivity index (χ0) is 24.4. The van der Waals surface area contributed by atoms with Gasteiger partial charge in [0.25, 0.3) is 11.8 Å². The maximum Gasteiger partial charge on any atom is 0.335 e. The average Bonchev–Trinajstić information content (AvgIpc) is 2.78. The fraction of sp³-hybridized carbons (Fsp3) is 0.0417. The number of barbiturate groups is 1. The highest BCUT2D eigenvalue weighted by atomic mass is 35.5. The van der Waals surface area contributed by atoms with E-state index in [1.54, 1.807) is 18.2 Å². The molecule has 1 heterocycles. The predicted molar refractivity (Wildman–Crippen MR) is 128 cm³/mol. The Morgan fingerprint density at radius 1 is 0.941 bits per heavy atom. The van der Waals surface area contributed by atoms with Crippen LogP contribution in [-0.4, -0.2) is 17.8 Å². The van der Waals surface area contributed by atoms with Gasteiger partial charge in [-0.3, -0.25) is 14.9 Å². The Morgan fingerprint density at radius 2 is 1.65 bits per heavy atom. The van der Waals surface area contributed by atoms with Crippen molar-refractivity contribution in [3.63, 3.8) is 0 Å². The summed E-state index contributed by atoms with van der Waals surface area (Å²) in [7, 11) is 0. The van der Waals surface area contributed by atoms with E-state index in [9.17, 15) is 18.8 Å². The molecule has 1 N–H and O–H groups in total. The van der Waals surface area contributed by atoms with Gasteiger partial charge in [0.1, 0.15) is 23.7 Å². The molecular formula is C24H14Cl3FN2O4. The first-order valence-electron chi connectivity index (χ1n) is 9.77. The van der Waals surface area contributed by atoms with E-state index in [1.807, 2.05) is 0 Å². The number of benzene rings is 3. The van der Waals surface area contributed by atoms with Gasteiger partial charge >= 0.3 is 6.03 Å². The molecule has 1 fully saturated rings. The molecule has 172 valence electrons. The lowest BCUT2D eigenvalue weighted by Gasteiger charge is -2.26. The van der Waals surface area contributed by atoms with Crippen LogP contribution in [0.4, 0.5) is 14.9 Å². The van der Waals surface area contributed by atoms with Gasteiger partial charge in [-0.05, 0) is 48.5 Å². The summed E-state index contributed by atoms with van der Waals surface area (Å²) < 4.78 is 19.7. The molecule has 0 radical (unpaired) electrons. The monoisotopic (exact) mass is 518 g/mol. The van der Waals surface area contributed by atoms with Crippen LogP contribution in [0.15, 0.2) is 66.2 Å². The van der Waals surface area contributed by atoms with Crippen LogP contribution in [0.3, 0.4) is 0 Å². The van der Waals surface area contributed by atoms with Crippen LogP contribution in [0, 0.1) is 5.82 Å². The molecule has 1 saturated heterocycles. The number of anilines is 1. The van der Waals surface area contributed by atoms with Gasteiger partial charge in [-0.1, -0.05) is 53.0 Å². The molecule has 1 aliphatic rings. The molecule has 0 saturated carbocycles. The molecule has 4 amide bonds. The van der Waals surface area contributed by atoms with E-state index < -0.39 is 23.7 Å². The van der Waals surface area contributed by atoms with Crippen LogP contribution in [0.1, 0.15) is 11.1 Å². The highest BCUT2D eigenvalue weighted by Gasteiger charge is 2.37. The van der Waals surface area contributed by atoms with Crippen LogP contribution in [0.25, 0.3) is 6.08 Å². The van der Waals surface area contributed by atoms with Crippen molar-refractivity contribution in [2.24, 2.45) is 0 Å². The van der Waals surface area contributed by atoms with Crippen LogP contribution >= 0.6 is 34.8 Å². The van der Waals surface area contributed by atoms with E-state index in [2.05, 4.69) is 5.32 Å². The fourth-order valence-corrected chi connectivity index (χ4v) is 3.93. The van der Waals surface area contributed by atoms with Crippen molar-refractivity contribution in [3.8, 4) is 5.75 Å². The number of rotatable bonds is 5.